The normalized spacial score (nSPS) is 12.1. The molecular formula is C20H13ClN2O3S. The van der Waals surface area contributed by atoms with Gasteiger partial charge in [-0.3, -0.25) is 9.69 Å². The van der Waals surface area contributed by atoms with E-state index in [4.69, 9.17) is 16.3 Å². The lowest BCUT2D eigenvalue weighted by atomic mass is 10.2. The van der Waals surface area contributed by atoms with E-state index in [-0.39, 0.29) is 23.2 Å². The van der Waals surface area contributed by atoms with E-state index in [1.54, 1.807) is 16.7 Å². The number of esters is 1. The zero-order chi connectivity index (χ0) is 18.8. The van der Waals surface area contributed by atoms with Gasteiger partial charge >= 0.3 is 5.97 Å². The summed E-state index contributed by atoms with van der Waals surface area (Å²) in [5, 5.41) is 0.187. The van der Waals surface area contributed by atoms with E-state index in [9.17, 15) is 9.59 Å². The second-order valence-electron chi connectivity index (χ2n) is 5.71. The second kappa shape index (κ2) is 7.42. The number of rotatable bonds is 3. The van der Waals surface area contributed by atoms with Crippen molar-refractivity contribution in [2.75, 3.05) is 11.5 Å². The standard InChI is InChI=1S/C20H13ClN2O3S/c21-18-11-13(9-10-22-18)20(25)26-12-19(24)23-14-5-1-3-7-16(14)27-17-8-4-2-6-15(17)23/h1-11H,12H2. The van der Waals surface area contributed by atoms with Crippen LogP contribution in [0, 0.1) is 0 Å². The summed E-state index contributed by atoms with van der Waals surface area (Å²) in [6.45, 7) is -0.383. The highest BCUT2D eigenvalue weighted by atomic mass is 35.5. The van der Waals surface area contributed by atoms with Crippen LogP contribution in [0.2, 0.25) is 5.15 Å². The monoisotopic (exact) mass is 396 g/mol. The fraction of sp³-hybridized carbons (Fsp3) is 0.0500. The summed E-state index contributed by atoms with van der Waals surface area (Å²) in [6.07, 6.45) is 1.41. The fourth-order valence-corrected chi connectivity index (χ4v) is 4.01. The highest BCUT2D eigenvalue weighted by Crippen LogP contribution is 2.47. The Morgan fingerprint density at radius 2 is 1.63 bits per heavy atom. The van der Waals surface area contributed by atoms with E-state index in [2.05, 4.69) is 4.98 Å². The van der Waals surface area contributed by atoms with Crippen LogP contribution in [0.1, 0.15) is 10.4 Å². The minimum atomic E-state index is -0.624. The molecule has 0 spiro atoms. The molecule has 1 aliphatic heterocycles. The van der Waals surface area contributed by atoms with Crippen LogP contribution in [0.15, 0.2) is 76.7 Å². The lowest BCUT2D eigenvalue weighted by Crippen LogP contribution is -2.32. The van der Waals surface area contributed by atoms with Gasteiger partial charge in [0.05, 0.1) is 16.9 Å². The second-order valence-corrected chi connectivity index (χ2v) is 7.18. The van der Waals surface area contributed by atoms with Crippen LogP contribution in [-0.2, 0) is 9.53 Å². The lowest BCUT2D eigenvalue weighted by Gasteiger charge is -2.30. The first-order chi connectivity index (χ1) is 13.1. The molecule has 3 aromatic rings. The summed E-state index contributed by atoms with van der Waals surface area (Å²) < 4.78 is 5.20. The van der Waals surface area contributed by atoms with Crippen LogP contribution < -0.4 is 4.90 Å². The first kappa shape index (κ1) is 17.6. The van der Waals surface area contributed by atoms with Crippen LogP contribution in [0.5, 0.6) is 0 Å². The van der Waals surface area contributed by atoms with Gasteiger partial charge in [0, 0.05) is 16.0 Å². The van der Waals surface area contributed by atoms with Gasteiger partial charge < -0.3 is 4.74 Å². The van der Waals surface area contributed by atoms with Crippen molar-refractivity contribution in [1.82, 2.24) is 4.98 Å². The molecule has 0 saturated carbocycles. The van der Waals surface area contributed by atoms with E-state index >= 15 is 0 Å². The highest BCUT2D eigenvalue weighted by molar-refractivity contribution is 7.99. The van der Waals surface area contributed by atoms with E-state index < -0.39 is 5.97 Å². The number of hydrogen-bond acceptors (Lipinski definition) is 5. The molecule has 27 heavy (non-hydrogen) atoms. The summed E-state index contributed by atoms with van der Waals surface area (Å²) in [5.74, 6) is -0.954. The lowest BCUT2D eigenvalue weighted by molar-refractivity contribution is -0.121. The Balaban J connectivity index is 1.58. The highest BCUT2D eigenvalue weighted by Gasteiger charge is 2.28. The minimum absolute atomic E-state index is 0.187. The van der Waals surface area contributed by atoms with Gasteiger partial charge in [0.2, 0.25) is 0 Å². The summed E-state index contributed by atoms with van der Waals surface area (Å²) in [7, 11) is 0. The third kappa shape index (κ3) is 3.54. The van der Waals surface area contributed by atoms with Crippen molar-refractivity contribution in [3.8, 4) is 0 Å². The SMILES string of the molecule is O=C(OCC(=O)N1c2ccccc2Sc2ccccc21)c1ccnc(Cl)c1. The van der Waals surface area contributed by atoms with Gasteiger partial charge in [0.15, 0.2) is 6.61 Å². The molecule has 1 amide bonds. The summed E-state index contributed by atoms with van der Waals surface area (Å²) in [4.78, 5) is 32.5. The molecule has 0 saturated heterocycles. The Bertz CT molecular complexity index is 995. The molecule has 2 heterocycles. The average Bonchev–Trinajstić information content (AvgIpc) is 2.70. The first-order valence-corrected chi connectivity index (χ1v) is 9.30. The molecule has 0 fully saturated rings. The fourth-order valence-electron chi connectivity index (χ4n) is 2.78. The molecule has 0 unspecified atom stereocenters. The number of carbonyl (C=O) groups excluding carboxylic acids is 2. The van der Waals surface area contributed by atoms with Crippen LogP contribution in [0.4, 0.5) is 11.4 Å². The molecule has 0 aliphatic carbocycles. The molecule has 0 N–H and O–H groups in total. The van der Waals surface area contributed by atoms with Gasteiger partial charge in [0.1, 0.15) is 5.15 Å². The smallest absolute Gasteiger partial charge is 0.338 e. The molecule has 0 radical (unpaired) electrons. The van der Waals surface area contributed by atoms with Crippen LogP contribution in [-0.4, -0.2) is 23.5 Å². The van der Waals surface area contributed by atoms with Crippen molar-refractivity contribution >= 4 is 46.6 Å². The molecule has 0 atom stereocenters. The summed E-state index contributed by atoms with van der Waals surface area (Å²) in [5.41, 5.74) is 1.79. The molecule has 5 nitrogen and oxygen atoms in total. The van der Waals surface area contributed by atoms with Gasteiger partial charge in [-0.05, 0) is 36.4 Å². The average molecular weight is 397 g/mol. The number of para-hydroxylation sites is 2. The topological polar surface area (TPSA) is 59.5 Å². The number of halogens is 1. The molecule has 1 aromatic heterocycles. The number of anilines is 2. The maximum absolute atomic E-state index is 12.9. The number of hydrogen-bond donors (Lipinski definition) is 0. The number of carbonyl (C=O) groups is 2. The van der Waals surface area contributed by atoms with Gasteiger partial charge in [-0.15, -0.1) is 0 Å². The maximum atomic E-state index is 12.9. The third-order valence-corrected chi connectivity index (χ3v) is 5.31. The van der Waals surface area contributed by atoms with Gasteiger partial charge in [-0.25, -0.2) is 9.78 Å². The van der Waals surface area contributed by atoms with E-state index in [0.717, 1.165) is 21.2 Å². The Morgan fingerprint density at radius 1 is 1.00 bits per heavy atom. The largest absolute Gasteiger partial charge is 0.452 e. The maximum Gasteiger partial charge on any atom is 0.338 e. The third-order valence-electron chi connectivity index (χ3n) is 3.97. The Labute approximate surface area is 164 Å². The van der Waals surface area contributed by atoms with Crippen molar-refractivity contribution < 1.29 is 14.3 Å². The Morgan fingerprint density at radius 3 is 2.26 bits per heavy atom. The number of benzene rings is 2. The van der Waals surface area contributed by atoms with Crippen molar-refractivity contribution in [2.45, 2.75) is 9.79 Å². The predicted octanol–water partition coefficient (Wildman–Crippen LogP) is 4.72. The zero-order valence-corrected chi connectivity index (χ0v) is 15.5. The molecule has 1 aliphatic rings. The van der Waals surface area contributed by atoms with Gasteiger partial charge in [0.25, 0.3) is 5.91 Å². The van der Waals surface area contributed by atoms with E-state index in [0.29, 0.717) is 0 Å². The van der Waals surface area contributed by atoms with E-state index in [1.807, 2.05) is 48.5 Å². The van der Waals surface area contributed by atoms with Crippen molar-refractivity contribution in [3.63, 3.8) is 0 Å². The van der Waals surface area contributed by atoms with Crippen LogP contribution in [0.3, 0.4) is 0 Å². The molecule has 4 rings (SSSR count). The van der Waals surface area contributed by atoms with Crippen molar-refractivity contribution in [3.05, 3.63) is 77.6 Å². The predicted molar refractivity (Wildman–Crippen MR) is 104 cm³/mol. The quantitative estimate of drug-likeness (QED) is 0.473. The molecule has 2 aromatic carbocycles. The number of amides is 1. The van der Waals surface area contributed by atoms with Gasteiger partial charge in [-0.2, -0.15) is 0 Å². The van der Waals surface area contributed by atoms with Crippen LogP contribution >= 0.6 is 23.4 Å². The molecular weight excluding hydrogens is 384 g/mol. The van der Waals surface area contributed by atoms with E-state index in [1.165, 1.54) is 18.3 Å². The zero-order valence-electron chi connectivity index (χ0n) is 14.0. The summed E-state index contributed by atoms with van der Waals surface area (Å²) in [6, 6.07) is 18.2. The Hall–Kier alpha value is -2.83. The first-order valence-electron chi connectivity index (χ1n) is 8.11. The van der Waals surface area contributed by atoms with Crippen LogP contribution in [0.25, 0.3) is 0 Å². The number of ether oxygens (including phenoxy) is 1. The Kier molecular flexibility index (Phi) is 4.83. The van der Waals surface area contributed by atoms with Crippen molar-refractivity contribution in [1.29, 1.82) is 0 Å². The summed E-state index contributed by atoms with van der Waals surface area (Å²) >= 11 is 7.39. The number of aromatic nitrogens is 1. The molecule has 0 bridgehead atoms. The number of nitrogens with zero attached hydrogens (tertiary/aromatic N) is 2. The number of fused-ring (bicyclic) bond motifs is 2. The molecule has 7 heteroatoms. The van der Waals surface area contributed by atoms with Crippen molar-refractivity contribution in [2.24, 2.45) is 0 Å². The number of pyridine rings is 1. The molecule has 134 valence electrons. The van der Waals surface area contributed by atoms with Gasteiger partial charge in [-0.1, -0.05) is 47.6 Å². The minimum Gasteiger partial charge on any atom is -0.452 e.